The van der Waals surface area contributed by atoms with Gasteiger partial charge in [0, 0.05) is 99.1 Å². The second-order valence-corrected chi connectivity index (χ2v) is 30.3. The molecule has 24 aromatic rings. The van der Waals surface area contributed by atoms with Gasteiger partial charge in [-0.2, -0.15) is 9.97 Å². The number of fused-ring (bicyclic) bond motifs is 13. The zero-order chi connectivity index (χ0) is 82.0. The van der Waals surface area contributed by atoms with E-state index in [0.717, 1.165) is 105 Å². The van der Waals surface area contributed by atoms with Crippen molar-refractivity contribution in [1.82, 2.24) is 78.1 Å². The van der Waals surface area contributed by atoms with Crippen LogP contribution in [0.4, 0.5) is 0 Å². The maximum absolute atomic E-state index is 5.20. The lowest BCUT2D eigenvalue weighted by atomic mass is 10.0. The highest BCUT2D eigenvalue weighted by molar-refractivity contribution is 6.29. The minimum atomic E-state index is 0.344. The van der Waals surface area contributed by atoms with Crippen molar-refractivity contribution in [2.45, 2.75) is 0 Å². The Balaban J connectivity index is 0.000000143. The number of hydrogen-bond donors (Lipinski definition) is 0. The average molecular weight is 1590 g/mol. The second-order valence-electron chi connectivity index (χ2n) is 30.3. The molecule has 8 aromatic heterocycles. The Kier molecular flexibility index (Phi) is 17.8. The van der Waals surface area contributed by atoms with E-state index in [0.29, 0.717) is 70.0 Å². The standard InChI is InChI=1S/2C54H34N8/c1-5-18-35(19-6-1)49-55-50(36-20-7-2-8-21-36)58-53(57-49)54-59-51(37-22-9-3-10-23-37)56-52(60-54)38-24-17-27-40(34-38)62-44-31-16-14-29-42(44)48-46(62)33-32-45-47(48)41-28-13-15-30-43(41)61(45)39-25-11-4-12-26-39;1-5-17-35(18-6-1)49-55-50(36-19-7-2-8-20-36)57-52(56-49)53-58-51(37-21-9-3-10-22-37)59-54(60-53)62-46-28-16-14-26-42(46)44-34-39(30-32-48(44)62)38-29-31-47-43(33-38)41-25-13-15-27-45(41)61(47)40-23-11-4-12-24-40/h2*1-34H. The molecule has 0 aliphatic heterocycles. The summed E-state index contributed by atoms with van der Waals surface area (Å²) in [6, 6.07) is 142. The summed E-state index contributed by atoms with van der Waals surface area (Å²) in [5, 5.41) is 9.44. The summed E-state index contributed by atoms with van der Waals surface area (Å²) < 4.78 is 9.20. The topological polar surface area (TPSA) is 174 Å². The number of rotatable bonds is 14. The maximum Gasteiger partial charge on any atom is 0.238 e. The van der Waals surface area contributed by atoms with E-state index >= 15 is 0 Å². The Bertz CT molecular complexity index is 8090. The summed E-state index contributed by atoms with van der Waals surface area (Å²) in [7, 11) is 0. The second kappa shape index (κ2) is 30.6. The number of para-hydroxylation sites is 6. The van der Waals surface area contributed by atoms with E-state index in [1.165, 1.54) is 48.9 Å². The number of nitrogens with zero attached hydrogens (tertiary/aromatic N) is 16. The van der Waals surface area contributed by atoms with E-state index in [2.05, 4.69) is 249 Å². The molecule has 0 bridgehead atoms. The third-order valence-corrected chi connectivity index (χ3v) is 22.9. The zero-order valence-corrected chi connectivity index (χ0v) is 66.4. The van der Waals surface area contributed by atoms with Gasteiger partial charge in [0.1, 0.15) is 0 Å². The zero-order valence-electron chi connectivity index (χ0n) is 66.4. The molecule has 0 N–H and O–H groups in total. The van der Waals surface area contributed by atoms with Crippen LogP contribution in [0.15, 0.2) is 413 Å². The van der Waals surface area contributed by atoms with Crippen LogP contribution in [0.1, 0.15) is 0 Å². The van der Waals surface area contributed by atoms with Crippen molar-refractivity contribution < 1.29 is 0 Å². The van der Waals surface area contributed by atoms with E-state index < -0.39 is 0 Å². The summed E-state index contributed by atoms with van der Waals surface area (Å²) in [4.78, 5) is 60.5. The van der Waals surface area contributed by atoms with Crippen LogP contribution in [0.5, 0.6) is 0 Å². The minimum Gasteiger partial charge on any atom is -0.309 e. The van der Waals surface area contributed by atoms with E-state index in [4.69, 9.17) is 59.8 Å². The molecule has 24 rings (SSSR count). The highest BCUT2D eigenvalue weighted by atomic mass is 15.2. The molecular weight excluding hydrogens is 1520 g/mol. The summed E-state index contributed by atoms with van der Waals surface area (Å²) in [6.07, 6.45) is 0. The predicted octanol–water partition coefficient (Wildman–Crippen LogP) is 25.2. The Labute approximate surface area is 710 Å². The average Bonchev–Trinajstić information content (AvgIpc) is 1.52. The summed E-state index contributed by atoms with van der Waals surface area (Å²) in [5.74, 6) is 5.54. The van der Waals surface area contributed by atoms with Crippen LogP contribution in [0.3, 0.4) is 0 Å². The summed E-state index contributed by atoms with van der Waals surface area (Å²) in [5.41, 5.74) is 20.4. The van der Waals surface area contributed by atoms with Gasteiger partial charge in [-0.25, -0.2) is 49.8 Å². The monoisotopic (exact) mass is 1590 g/mol. The van der Waals surface area contributed by atoms with Crippen LogP contribution in [0, 0.1) is 0 Å². The largest absolute Gasteiger partial charge is 0.309 e. The van der Waals surface area contributed by atoms with Gasteiger partial charge in [0.05, 0.1) is 44.1 Å². The fourth-order valence-electron chi connectivity index (χ4n) is 17.2. The van der Waals surface area contributed by atoms with Gasteiger partial charge >= 0.3 is 0 Å². The molecule has 0 unspecified atom stereocenters. The molecule has 16 heteroatoms. The van der Waals surface area contributed by atoms with Crippen molar-refractivity contribution in [2.24, 2.45) is 0 Å². The van der Waals surface area contributed by atoms with Crippen LogP contribution in [0.25, 0.3) is 224 Å². The first-order valence-corrected chi connectivity index (χ1v) is 41.1. The van der Waals surface area contributed by atoms with Crippen molar-refractivity contribution in [2.75, 3.05) is 0 Å². The molecule has 16 nitrogen and oxygen atoms in total. The molecule has 0 aliphatic rings. The molecule has 0 fully saturated rings. The molecular formula is C108H68N16. The van der Waals surface area contributed by atoms with Crippen LogP contribution in [0.2, 0.25) is 0 Å². The molecule has 0 spiro atoms. The van der Waals surface area contributed by atoms with E-state index in [9.17, 15) is 0 Å². The van der Waals surface area contributed by atoms with Crippen LogP contribution in [-0.4, -0.2) is 78.1 Å². The molecule has 0 aliphatic carbocycles. The van der Waals surface area contributed by atoms with Crippen molar-refractivity contribution in [3.05, 3.63) is 413 Å². The van der Waals surface area contributed by atoms with E-state index in [1.807, 2.05) is 182 Å². The van der Waals surface area contributed by atoms with Crippen molar-refractivity contribution in [3.8, 4) is 137 Å². The van der Waals surface area contributed by atoms with Gasteiger partial charge in [0.15, 0.2) is 40.8 Å². The maximum atomic E-state index is 5.20. The van der Waals surface area contributed by atoms with E-state index in [-0.39, 0.29) is 0 Å². The SMILES string of the molecule is c1ccc(-c2nc(-c3ccccc3)nc(-c3nc(-c4ccccc4)nc(-c4cccc(-n5c6ccccc6c6c7c8ccccc8n(-c8ccccc8)c7ccc65)c4)n3)n2)cc1.c1ccc(-c2nc(-c3ccccc3)nc(-c3nc(-c4ccccc4)nc(-n4c5ccccc5c5cc(-c6ccc7c(c6)c6ccccc6n7-c6ccccc6)ccc54)n3)n2)cc1. The predicted molar refractivity (Wildman–Crippen MR) is 498 cm³/mol. The fourth-order valence-corrected chi connectivity index (χ4v) is 17.2. The van der Waals surface area contributed by atoms with Gasteiger partial charge in [-0.1, -0.05) is 315 Å². The summed E-state index contributed by atoms with van der Waals surface area (Å²) >= 11 is 0. The van der Waals surface area contributed by atoms with Crippen LogP contribution >= 0.6 is 0 Å². The highest BCUT2D eigenvalue weighted by Crippen LogP contribution is 2.45. The lowest BCUT2D eigenvalue weighted by Crippen LogP contribution is -2.09. The van der Waals surface area contributed by atoms with Gasteiger partial charge < -0.3 is 13.7 Å². The molecule has 0 atom stereocenters. The molecule has 0 amide bonds. The first kappa shape index (κ1) is 72.0. The fraction of sp³-hybridized carbons (Fsp3) is 0. The molecule has 8 heterocycles. The minimum absolute atomic E-state index is 0.344. The number of hydrogen-bond acceptors (Lipinski definition) is 12. The highest BCUT2D eigenvalue weighted by Gasteiger charge is 2.26. The van der Waals surface area contributed by atoms with Crippen molar-refractivity contribution in [3.63, 3.8) is 0 Å². The Morgan fingerprint density at radius 1 is 0.129 bits per heavy atom. The van der Waals surface area contributed by atoms with Gasteiger partial charge in [-0.15, -0.1) is 0 Å². The van der Waals surface area contributed by atoms with E-state index in [1.54, 1.807) is 0 Å². The first-order valence-electron chi connectivity index (χ1n) is 41.1. The third kappa shape index (κ3) is 12.9. The molecule has 0 radical (unpaired) electrons. The Morgan fingerprint density at radius 2 is 0.363 bits per heavy atom. The third-order valence-electron chi connectivity index (χ3n) is 22.9. The molecule has 16 aromatic carbocycles. The molecule has 0 saturated heterocycles. The van der Waals surface area contributed by atoms with Gasteiger partial charge in [-0.3, -0.25) is 4.57 Å². The lowest BCUT2D eigenvalue weighted by Gasteiger charge is -2.12. The smallest absolute Gasteiger partial charge is 0.238 e. The normalized spacial score (nSPS) is 11.5. The van der Waals surface area contributed by atoms with Gasteiger partial charge in [0.25, 0.3) is 0 Å². The lowest BCUT2D eigenvalue weighted by molar-refractivity contribution is 0.934. The Hall–Kier alpha value is -17.2. The van der Waals surface area contributed by atoms with Crippen molar-refractivity contribution in [1.29, 1.82) is 0 Å². The van der Waals surface area contributed by atoms with Gasteiger partial charge in [0.2, 0.25) is 29.2 Å². The molecule has 124 heavy (non-hydrogen) atoms. The Morgan fingerprint density at radius 3 is 0.742 bits per heavy atom. The number of aromatic nitrogens is 16. The van der Waals surface area contributed by atoms with Crippen LogP contribution in [-0.2, 0) is 0 Å². The van der Waals surface area contributed by atoms with Crippen molar-refractivity contribution >= 4 is 87.2 Å². The number of benzene rings is 16. The molecule has 0 saturated carbocycles. The van der Waals surface area contributed by atoms with Gasteiger partial charge in [-0.05, 0) is 108 Å². The summed E-state index contributed by atoms with van der Waals surface area (Å²) in [6.45, 7) is 0. The van der Waals surface area contributed by atoms with Crippen LogP contribution < -0.4 is 0 Å². The quantitative estimate of drug-likeness (QED) is 0.101. The first-order chi connectivity index (χ1) is 61.5. The molecule has 580 valence electrons.